The zero-order valence-corrected chi connectivity index (χ0v) is 15.1. The summed E-state index contributed by atoms with van der Waals surface area (Å²) >= 11 is 0. The molecule has 136 valence electrons. The molecule has 3 aliphatic rings. The number of amides is 1. The van der Waals surface area contributed by atoms with Gasteiger partial charge in [0, 0.05) is 37.9 Å². The molecule has 1 aromatic carbocycles. The Morgan fingerprint density at radius 1 is 1.12 bits per heavy atom. The average Bonchev–Trinajstić information content (AvgIpc) is 2.93. The van der Waals surface area contributed by atoms with Crippen LogP contribution in [0.5, 0.6) is 0 Å². The standard InChI is InChI=1S/C21H24FN3O/c1-15-3-2-4-20(23-15)21(26)25-13-17-7-10-19(25)14-24(12-17)11-16-5-8-18(22)9-6-16/h2-6,8-9,17,19H,7,10-14H2,1H3/t17-,19+/m0/s1. The minimum absolute atomic E-state index is 0.0482. The molecule has 4 heterocycles. The Kier molecular flexibility index (Phi) is 4.72. The molecule has 1 aromatic heterocycles. The number of aromatic nitrogens is 1. The largest absolute Gasteiger partial charge is 0.333 e. The van der Waals surface area contributed by atoms with E-state index < -0.39 is 0 Å². The summed E-state index contributed by atoms with van der Waals surface area (Å²) < 4.78 is 13.1. The van der Waals surface area contributed by atoms with Crippen molar-refractivity contribution in [2.45, 2.75) is 32.4 Å². The van der Waals surface area contributed by atoms with E-state index in [0.29, 0.717) is 11.6 Å². The summed E-state index contributed by atoms with van der Waals surface area (Å²) in [6.07, 6.45) is 2.21. The summed E-state index contributed by atoms with van der Waals surface area (Å²) in [4.78, 5) is 21.9. The number of carbonyl (C=O) groups excluding carboxylic acids is 1. The Morgan fingerprint density at radius 3 is 2.69 bits per heavy atom. The Balaban J connectivity index is 1.49. The van der Waals surface area contributed by atoms with E-state index in [1.807, 2.05) is 42.2 Å². The second-order valence-corrected chi connectivity index (χ2v) is 7.54. The van der Waals surface area contributed by atoms with Crippen LogP contribution < -0.4 is 0 Å². The van der Waals surface area contributed by atoms with Gasteiger partial charge < -0.3 is 4.90 Å². The van der Waals surface area contributed by atoms with Crippen molar-refractivity contribution in [1.82, 2.24) is 14.8 Å². The monoisotopic (exact) mass is 353 g/mol. The number of aryl methyl sites for hydroxylation is 1. The van der Waals surface area contributed by atoms with E-state index in [0.717, 1.165) is 50.3 Å². The van der Waals surface area contributed by atoms with Crippen LogP contribution in [0.3, 0.4) is 0 Å². The van der Waals surface area contributed by atoms with Crippen LogP contribution in [0.2, 0.25) is 0 Å². The number of carbonyl (C=O) groups is 1. The Morgan fingerprint density at radius 2 is 1.92 bits per heavy atom. The minimum Gasteiger partial charge on any atom is -0.333 e. The van der Waals surface area contributed by atoms with Crippen LogP contribution in [0.25, 0.3) is 0 Å². The van der Waals surface area contributed by atoms with Gasteiger partial charge in [0.15, 0.2) is 0 Å². The molecular weight excluding hydrogens is 329 g/mol. The number of hydrogen-bond acceptors (Lipinski definition) is 3. The van der Waals surface area contributed by atoms with Crippen molar-refractivity contribution in [2.24, 2.45) is 5.92 Å². The maximum atomic E-state index is 13.1. The van der Waals surface area contributed by atoms with E-state index >= 15 is 0 Å². The maximum absolute atomic E-state index is 13.1. The molecule has 26 heavy (non-hydrogen) atoms. The minimum atomic E-state index is -0.202. The molecule has 2 bridgehead atoms. The van der Waals surface area contributed by atoms with Gasteiger partial charge in [-0.3, -0.25) is 9.69 Å². The molecule has 4 nitrogen and oxygen atoms in total. The molecule has 0 unspecified atom stereocenters. The number of rotatable bonds is 3. The lowest BCUT2D eigenvalue weighted by molar-refractivity contribution is 0.0578. The highest BCUT2D eigenvalue weighted by Crippen LogP contribution is 2.29. The molecule has 1 amide bonds. The Hall–Kier alpha value is -2.27. The predicted molar refractivity (Wildman–Crippen MR) is 98.2 cm³/mol. The summed E-state index contributed by atoms with van der Waals surface area (Å²) in [5.41, 5.74) is 2.53. The van der Waals surface area contributed by atoms with Gasteiger partial charge in [-0.15, -0.1) is 0 Å². The van der Waals surface area contributed by atoms with Crippen LogP contribution in [0.15, 0.2) is 42.5 Å². The topological polar surface area (TPSA) is 36.4 Å². The number of nitrogens with zero attached hydrogens (tertiary/aromatic N) is 3. The molecule has 2 aromatic rings. The van der Waals surface area contributed by atoms with Crippen LogP contribution in [0.1, 0.15) is 34.6 Å². The fourth-order valence-corrected chi connectivity index (χ4v) is 4.21. The fourth-order valence-electron chi connectivity index (χ4n) is 4.21. The van der Waals surface area contributed by atoms with E-state index in [-0.39, 0.29) is 17.8 Å². The van der Waals surface area contributed by atoms with E-state index in [4.69, 9.17) is 0 Å². The van der Waals surface area contributed by atoms with Crippen LogP contribution in [-0.2, 0) is 6.54 Å². The van der Waals surface area contributed by atoms with Crippen LogP contribution in [0.4, 0.5) is 4.39 Å². The third-order valence-corrected chi connectivity index (χ3v) is 5.48. The summed E-state index contributed by atoms with van der Waals surface area (Å²) in [5.74, 6) is 0.335. The predicted octanol–water partition coefficient (Wildman–Crippen LogP) is 3.27. The van der Waals surface area contributed by atoms with Gasteiger partial charge in [-0.25, -0.2) is 9.37 Å². The van der Waals surface area contributed by atoms with Crippen molar-refractivity contribution < 1.29 is 9.18 Å². The van der Waals surface area contributed by atoms with Crippen molar-refractivity contribution >= 4 is 5.91 Å². The van der Waals surface area contributed by atoms with Gasteiger partial charge in [0.1, 0.15) is 11.5 Å². The molecule has 3 saturated heterocycles. The van der Waals surface area contributed by atoms with Crippen LogP contribution >= 0.6 is 0 Å². The Bertz CT molecular complexity index is 792. The van der Waals surface area contributed by atoms with Gasteiger partial charge in [0.2, 0.25) is 0 Å². The molecule has 5 rings (SSSR count). The van der Waals surface area contributed by atoms with Gasteiger partial charge in [0.05, 0.1) is 0 Å². The van der Waals surface area contributed by atoms with E-state index in [2.05, 4.69) is 9.88 Å². The van der Waals surface area contributed by atoms with Crippen molar-refractivity contribution in [3.63, 3.8) is 0 Å². The second kappa shape index (κ2) is 7.16. The van der Waals surface area contributed by atoms with E-state index in [9.17, 15) is 9.18 Å². The molecule has 0 saturated carbocycles. The van der Waals surface area contributed by atoms with Crippen molar-refractivity contribution in [2.75, 3.05) is 19.6 Å². The molecule has 5 heteroatoms. The summed E-state index contributed by atoms with van der Waals surface area (Å²) in [6, 6.07) is 12.6. The number of fused-ring (bicyclic) bond motifs is 4. The van der Waals surface area contributed by atoms with Crippen LogP contribution in [0, 0.1) is 18.7 Å². The number of pyridine rings is 1. The number of piperidine rings is 1. The SMILES string of the molecule is Cc1cccc(C(=O)N2C[C@H]3CC[C@@H]2CN(Cc2ccc(F)cc2)C3)n1. The Labute approximate surface area is 153 Å². The first-order valence-corrected chi connectivity index (χ1v) is 9.30. The lowest BCUT2D eigenvalue weighted by Gasteiger charge is -2.36. The maximum Gasteiger partial charge on any atom is 0.272 e. The number of halogens is 1. The number of benzene rings is 1. The lowest BCUT2D eigenvalue weighted by Crippen LogP contribution is -2.47. The smallest absolute Gasteiger partial charge is 0.272 e. The van der Waals surface area contributed by atoms with Crippen molar-refractivity contribution in [1.29, 1.82) is 0 Å². The zero-order chi connectivity index (χ0) is 18.1. The van der Waals surface area contributed by atoms with Gasteiger partial charge in [-0.1, -0.05) is 18.2 Å². The first kappa shape index (κ1) is 17.2. The highest BCUT2D eigenvalue weighted by atomic mass is 19.1. The normalized spacial score (nSPS) is 23.1. The van der Waals surface area contributed by atoms with Gasteiger partial charge in [0.25, 0.3) is 5.91 Å². The van der Waals surface area contributed by atoms with Gasteiger partial charge >= 0.3 is 0 Å². The third kappa shape index (κ3) is 3.63. The molecule has 0 N–H and O–H groups in total. The molecule has 3 aliphatic heterocycles. The highest BCUT2D eigenvalue weighted by Gasteiger charge is 2.37. The number of hydrogen-bond donors (Lipinski definition) is 0. The molecule has 2 atom stereocenters. The summed E-state index contributed by atoms with van der Waals surface area (Å²) in [5, 5.41) is 0. The highest BCUT2D eigenvalue weighted by molar-refractivity contribution is 5.92. The van der Waals surface area contributed by atoms with E-state index in [1.165, 1.54) is 12.1 Å². The second-order valence-electron chi connectivity index (χ2n) is 7.54. The molecule has 0 spiro atoms. The van der Waals surface area contributed by atoms with Gasteiger partial charge in [-0.05, 0) is 55.5 Å². The molecule has 3 fully saturated rings. The van der Waals surface area contributed by atoms with Crippen molar-refractivity contribution in [3.8, 4) is 0 Å². The first-order valence-electron chi connectivity index (χ1n) is 9.30. The summed E-state index contributed by atoms with van der Waals surface area (Å²) in [7, 11) is 0. The average molecular weight is 353 g/mol. The van der Waals surface area contributed by atoms with Crippen LogP contribution in [-0.4, -0.2) is 46.4 Å². The van der Waals surface area contributed by atoms with Gasteiger partial charge in [-0.2, -0.15) is 0 Å². The first-order chi connectivity index (χ1) is 12.6. The van der Waals surface area contributed by atoms with E-state index in [1.54, 1.807) is 0 Å². The third-order valence-electron chi connectivity index (χ3n) is 5.48. The zero-order valence-electron chi connectivity index (χ0n) is 15.1. The fraction of sp³-hybridized carbons (Fsp3) is 0.429. The molecule has 0 aliphatic carbocycles. The summed E-state index contributed by atoms with van der Waals surface area (Å²) in [6.45, 7) is 5.37. The lowest BCUT2D eigenvalue weighted by atomic mass is 9.94. The van der Waals surface area contributed by atoms with Crippen molar-refractivity contribution in [3.05, 3.63) is 65.2 Å². The molecule has 0 radical (unpaired) electrons. The quantitative estimate of drug-likeness (QED) is 0.850. The molecular formula is C21H24FN3O.